The van der Waals surface area contributed by atoms with Gasteiger partial charge in [0.15, 0.2) is 0 Å². The van der Waals surface area contributed by atoms with Gasteiger partial charge < -0.3 is 15.1 Å². The molecule has 4 heteroatoms. The molecule has 0 aliphatic carbocycles. The first-order valence-corrected chi connectivity index (χ1v) is 4.72. The molecule has 1 aliphatic heterocycles. The number of aliphatic hydroxyl groups excluding tert-OH is 1. The highest BCUT2D eigenvalue weighted by Crippen LogP contribution is 2.22. The number of hydrogen-bond donors (Lipinski definition) is 2. The van der Waals surface area contributed by atoms with E-state index in [1.54, 1.807) is 4.90 Å². The lowest BCUT2D eigenvalue weighted by molar-refractivity contribution is -0.146. The summed E-state index contributed by atoms with van der Waals surface area (Å²) in [5.41, 5.74) is -1.17. The molecular weight excluding hydrogens is 170 g/mol. The van der Waals surface area contributed by atoms with Crippen LogP contribution in [0.4, 0.5) is 0 Å². The van der Waals surface area contributed by atoms with Crippen LogP contribution < -0.4 is 0 Å². The molecule has 0 aromatic rings. The molecule has 0 aromatic carbocycles. The molecule has 1 heterocycles. The molecule has 1 unspecified atom stereocenters. The Morgan fingerprint density at radius 2 is 2.31 bits per heavy atom. The number of piperidine rings is 1. The number of carbonyl (C=O) groups excluding carboxylic acids is 1. The Balaban J connectivity index is 2.51. The normalized spacial score (nSPS) is 29.5. The number of aliphatic hydroxyl groups is 2. The predicted octanol–water partition coefficient (Wildman–Crippen LogP) is -0.258. The van der Waals surface area contributed by atoms with Crippen molar-refractivity contribution in [3.05, 3.63) is 0 Å². The third-order valence-corrected chi connectivity index (χ3v) is 2.47. The molecule has 1 fully saturated rings. The Hall–Kier alpha value is -0.610. The van der Waals surface area contributed by atoms with Crippen molar-refractivity contribution in [2.24, 2.45) is 0 Å². The van der Waals surface area contributed by atoms with Crippen LogP contribution in [0.5, 0.6) is 0 Å². The van der Waals surface area contributed by atoms with Crippen LogP contribution in [-0.2, 0) is 4.79 Å². The maximum atomic E-state index is 11.4. The molecule has 1 rings (SSSR count). The molecular formula is C9H17NO3. The Morgan fingerprint density at radius 1 is 1.62 bits per heavy atom. The lowest BCUT2D eigenvalue weighted by Crippen LogP contribution is -2.49. The number of nitrogens with zero attached hydrogens (tertiary/aromatic N) is 1. The zero-order chi connectivity index (χ0) is 9.90. The van der Waals surface area contributed by atoms with Gasteiger partial charge in [0.2, 0.25) is 5.91 Å². The van der Waals surface area contributed by atoms with Crippen LogP contribution in [0.2, 0.25) is 0 Å². The Morgan fingerprint density at radius 3 is 2.77 bits per heavy atom. The van der Waals surface area contributed by atoms with E-state index in [2.05, 4.69) is 0 Å². The highest BCUT2D eigenvalue weighted by molar-refractivity contribution is 5.78. The fraction of sp³-hybridized carbons (Fsp3) is 0.889. The Labute approximate surface area is 78.2 Å². The van der Waals surface area contributed by atoms with Crippen molar-refractivity contribution in [2.45, 2.75) is 31.8 Å². The van der Waals surface area contributed by atoms with E-state index < -0.39 is 5.60 Å². The molecule has 76 valence electrons. The second-order valence-corrected chi connectivity index (χ2v) is 3.69. The maximum Gasteiger partial charge on any atom is 0.225 e. The van der Waals surface area contributed by atoms with Gasteiger partial charge in [-0.1, -0.05) is 6.92 Å². The van der Waals surface area contributed by atoms with Crippen LogP contribution in [0.3, 0.4) is 0 Å². The van der Waals surface area contributed by atoms with Crippen LogP contribution in [0, 0.1) is 0 Å². The monoisotopic (exact) mass is 187 g/mol. The number of hydrogen-bond acceptors (Lipinski definition) is 3. The summed E-state index contributed by atoms with van der Waals surface area (Å²) in [6.07, 6.45) is 1.47. The third-order valence-electron chi connectivity index (χ3n) is 2.47. The van der Waals surface area contributed by atoms with Gasteiger partial charge in [0, 0.05) is 13.1 Å². The van der Waals surface area contributed by atoms with Crippen LogP contribution in [0.25, 0.3) is 0 Å². The van der Waals surface area contributed by atoms with Gasteiger partial charge in [-0.2, -0.15) is 0 Å². The molecule has 1 aliphatic rings. The summed E-state index contributed by atoms with van der Waals surface area (Å²) in [5, 5.41) is 18.5. The minimum atomic E-state index is -1.17. The summed E-state index contributed by atoms with van der Waals surface area (Å²) < 4.78 is 0. The Kier molecular flexibility index (Phi) is 3.27. The summed E-state index contributed by atoms with van der Waals surface area (Å²) in [6.45, 7) is 3.00. The molecule has 0 bridgehead atoms. The van der Waals surface area contributed by atoms with E-state index in [9.17, 15) is 9.90 Å². The zero-order valence-electron chi connectivity index (χ0n) is 7.99. The SMILES string of the molecule is CCCN1CCC(O)(CO)CC1=O. The number of amides is 1. The summed E-state index contributed by atoms with van der Waals surface area (Å²) >= 11 is 0. The highest BCUT2D eigenvalue weighted by Gasteiger charge is 2.36. The van der Waals surface area contributed by atoms with Gasteiger partial charge in [0.25, 0.3) is 0 Å². The summed E-state index contributed by atoms with van der Waals surface area (Å²) in [4.78, 5) is 13.2. The minimum absolute atomic E-state index is 0.0512. The van der Waals surface area contributed by atoms with E-state index in [0.29, 0.717) is 13.0 Å². The average molecular weight is 187 g/mol. The van der Waals surface area contributed by atoms with Crippen molar-refractivity contribution in [3.63, 3.8) is 0 Å². The van der Waals surface area contributed by atoms with E-state index in [4.69, 9.17) is 5.11 Å². The van der Waals surface area contributed by atoms with Gasteiger partial charge in [0.1, 0.15) is 0 Å². The molecule has 0 radical (unpaired) electrons. The lowest BCUT2D eigenvalue weighted by atomic mass is 9.92. The van der Waals surface area contributed by atoms with Crippen molar-refractivity contribution in [3.8, 4) is 0 Å². The molecule has 0 saturated carbocycles. The highest BCUT2D eigenvalue weighted by atomic mass is 16.3. The maximum absolute atomic E-state index is 11.4. The molecule has 0 spiro atoms. The fourth-order valence-corrected chi connectivity index (χ4v) is 1.59. The largest absolute Gasteiger partial charge is 0.393 e. The second-order valence-electron chi connectivity index (χ2n) is 3.69. The van der Waals surface area contributed by atoms with Gasteiger partial charge in [-0.15, -0.1) is 0 Å². The standard InChI is InChI=1S/C9H17NO3/c1-2-4-10-5-3-9(13,7-11)6-8(10)12/h11,13H,2-7H2,1H3. The van der Waals surface area contributed by atoms with E-state index in [1.807, 2.05) is 6.92 Å². The minimum Gasteiger partial charge on any atom is -0.393 e. The smallest absolute Gasteiger partial charge is 0.225 e. The van der Waals surface area contributed by atoms with Crippen molar-refractivity contribution in [1.82, 2.24) is 4.90 Å². The van der Waals surface area contributed by atoms with Gasteiger partial charge in [0.05, 0.1) is 18.6 Å². The van der Waals surface area contributed by atoms with Crippen molar-refractivity contribution >= 4 is 5.91 Å². The van der Waals surface area contributed by atoms with E-state index in [1.165, 1.54) is 0 Å². The molecule has 1 amide bonds. The average Bonchev–Trinajstić information content (AvgIpc) is 2.11. The summed E-state index contributed by atoms with van der Waals surface area (Å²) in [7, 11) is 0. The van der Waals surface area contributed by atoms with E-state index in [0.717, 1.165) is 13.0 Å². The Bertz CT molecular complexity index is 195. The molecule has 0 aromatic heterocycles. The summed E-state index contributed by atoms with van der Waals surface area (Å²) in [5.74, 6) is -0.0512. The summed E-state index contributed by atoms with van der Waals surface area (Å²) in [6, 6.07) is 0. The molecule has 2 N–H and O–H groups in total. The van der Waals surface area contributed by atoms with Crippen LogP contribution >= 0.6 is 0 Å². The first-order valence-electron chi connectivity index (χ1n) is 4.72. The predicted molar refractivity (Wildman–Crippen MR) is 48.1 cm³/mol. The molecule has 13 heavy (non-hydrogen) atoms. The first-order chi connectivity index (χ1) is 6.11. The fourth-order valence-electron chi connectivity index (χ4n) is 1.59. The lowest BCUT2D eigenvalue weighted by Gasteiger charge is -2.36. The quantitative estimate of drug-likeness (QED) is 0.640. The van der Waals surface area contributed by atoms with Crippen LogP contribution in [0.1, 0.15) is 26.2 Å². The van der Waals surface area contributed by atoms with Crippen molar-refractivity contribution in [1.29, 1.82) is 0 Å². The molecule has 1 saturated heterocycles. The van der Waals surface area contributed by atoms with E-state index in [-0.39, 0.29) is 18.9 Å². The molecule has 1 atom stereocenters. The van der Waals surface area contributed by atoms with Gasteiger partial charge >= 0.3 is 0 Å². The first kappa shape index (κ1) is 10.5. The van der Waals surface area contributed by atoms with Gasteiger partial charge in [-0.3, -0.25) is 4.79 Å². The zero-order valence-corrected chi connectivity index (χ0v) is 7.99. The van der Waals surface area contributed by atoms with E-state index >= 15 is 0 Å². The van der Waals surface area contributed by atoms with Crippen molar-refractivity contribution in [2.75, 3.05) is 19.7 Å². The third kappa shape index (κ3) is 2.42. The second kappa shape index (κ2) is 4.07. The molecule has 4 nitrogen and oxygen atoms in total. The van der Waals surface area contributed by atoms with Crippen molar-refractivity contribution < 1.29 is 15.0 Å². The number of carbonyl (C=O) groups is 1. The topological polar surface area (TPSA) is 60.8 Å². The van der Waals surface area contributed by atoms with Crippen LogP contribution in [-0.4, -0.2) is 46.3 Å². The number of likely N-dealkylation sites (tertiary alicyclic amines) is 1. The van der Waals surface area contributed by atoms with Gasteiger partial charge in [-0.05, 0) is 12.8 Å². The van der Waals surface area contributed by atoms with Gasteiger partial charge in [-0.25, -0.2) is 0 Å². The number of rotatable bonds is 3. The van der Waals surface area contributed by atoms with Crippen LogP contribution in [0.15, 0.2) is 0 Å².